The van der Waals surface area contributed by atoms with Gasteiger partial charge in [-0.15, -0.1) is 0 Å². The predicted octanol–water partition coefficient (Wildman–Crippen LogP) is 3.67. The lowest BCUT2D eigenvalue weighted by Gasteiger charge is -2.06. The summed E-state index contributed by atoms with van der Waals surface area (Å²) in [5.74, 6) is -0.286. The molecule has 0 radical (unpaired) electrons. The van der Waals surface area contributed by atoms with Crippen LogP contribution >= 0.6 is 0 Å². The second-order valence-corrected chi connectivity index (χ2v) is 4.35. The van der Waals surface area contributed by atoms with Gasteiger partial charge in [-0.25, -0.2) is 4.39 Å². The zero-order valence-electron chi connectivity index (χ0n) is 10.7. The van der Waals surface area contributed by atoms with Gasteiger partial charge in [-0.2, -0.15) is 0 Å². The second-order valence-electron chi connectivity index (χ2n) is 4.35. The highest BCUT2D eigenvalue weighted by Gasteiger charge is 2.06. The summed E-state index contributed by atoms with van der Waals surface area (Å²) < 4.78 is 17.8. The standard InChI is InChI=1S/C16H15FO2/c1-12-4-2-3-5-13(12)6-11-16(18)19-15-9-7-14(17)8-10-15/h2-5,7-10H,6,11H2,1H3. The van der Waals surface area contributed by atoms with Gasteiger partial charge in [-0.3, -0.25) is 4.79 Å². The quantitative estimate of drug-likeness (QED) is 0.617. The molecule has 0 aliphatic heterocycles. The van der Waals surface area contributed by atoms with Gasteiger partial charge in [0.05, 0.1) is 0 Å². The number of halogens is 1. The Morgan fingerprint density at radius 3 is 2.47 bits per heavy atom. The molecular formula is C16H15FO2. The van der Waals surface area contributed by atoms with Gasteiger partial charge in [-0.1, -0.05) is 24.3 Å². The van der Waals surface area contributed by atoms with Crippen LogP contribution in [0.5, 0.6) is 5.75 Å². The molecule has 0 heterocycles. The number of carbonyl (C=O) groups excluding carboxylic acids is 1. The van der Waals surface area contributed by atoms with E-state index in [9.17, 15) is 9.18 Å². The van der Waals surface area contributed by atoms with Crippen LogP contribution in [0.1, 0.15) is 17.5 Å². The Bertz CT molecular complexity index is 561. The molecule has 0 aliphatic carbocycles. The molecule has 2 rings (SSSR count). The van der Waals surface area contributed by atoms with Crippen LogP contribution in [-0.2, 0) is 11.2 Å². The summed E-state index contributed by atoms with van der Waals surface area (Å²) >= 11 is 0. The summed E-state index contributed by atoms with van der Waals surface area (Å²) in [5.41, 5.74) is 2.30. The monoisotopic (exact) mass is 258 g/mol. The van der Waals surface area contributed by atoms with Crippen molar-refractivity contribution in [2.45, 2.75) is 19.8 Å². The highest BCUT2D eigenvalue weighted by atomic mass is 19.1. The maximum absolute atomic E-state index is 12.7. The maximum atomic E-state index is 12.7. The van der Waals surface area contributed by atoms with Crippen molar-refractivity contribution in [1.29, 1.82) is 0 Å². The number of aryl methyl sites for hydroxylation is 2. The average molecular weight is 258 g/mol. The third kappa shape index (κ3) is 3.91. The molecule has 0 atom stereocenters. The molecule has 0 aromatic heterocycles. The van der Waals surface area contributed by atoms with Crippen LogP contribution in [0, 0.1) is 12.7 Å². The molecule has 2 aromatic rings. The van der Waals surface area contributed by atoms with Crippen LogP contribution in [0.25, 0.3) is 0 Å². The first kappa shape index (κ1) is 13.3. The van der Waals surface area contributed by atoms with E-state index in [1.807, 2.05) is 31.2 Å². The van der Waals surface area contributed by atoms with Crippen molar-refractivity contribution < 1.29 is 13.9 Å². The molecule has 19 heavy (non-hydrogen) atoms. The van der Waals surface area contributed by atoms with E-state index in [0.29, 0.717) is 18.6 Å². The second kappa shape index (κ2) is 6.14. The Morgan fingerprint density at radius 1 is 1.11 bits per heavy atom. The Hall–Kier alpha value is -2.16. The minimum Gasteiger partial charge on any atom is -0.427 e. The van der Waals surface area contributed by atoms with Gasteiger partial charge in [-0.05, 0) is 48.7 Å². The van der Waals surface area contributed by atoms with E-state index in [4.69, 9.17) is 4.74 Å². The lowest BCUT2D eigenvalue weighted by Crippen LogP contribution is -2.09. The smallest absolute Gasteiger partial charge is 0.311 e. The maximum Gasteiger partial charge on any atom is 0.311 e. The number of hydrogen-bond donors (Lipinski definition) is 0. The molecule has 0 fully saturated rings. The minimum absolute atomic E-state index is 0.308. The molecule has 0 saturated carbocycles. The third-order valence-corrected chi connectivity index (χ3v) is 2.91. The van der Waals surface area contributed by atoms with Crippen molar-refractivity contribution in [3.63, 3.8) is 0 Å². The molecular weight excluding hydrogens is 243 g/mol. The fourth-order valence-electron chi connectivity index (χ4n) is 1.81. The molecule has 0 saturated heterocycles. The van der Waals surface area contributed by atoms with Crippen LogP contribution in [0.4, 0.5) is 4.39 Å². The van der Waals surface area contributed by atoms with Gasteiger partial charge < -0.3 is 4.74 Å². The largest absolute Gasteiger partial charge is 0.427 e. The van der Waals surface area contributed by atoms with Gasteiger partial charge in [0.2, 0.25) is 0 Å². The summed E-state index contributed by atoms with van der Waals surface area (Å²) in [5, 5.41) is 0. The van der Waals surface area contributed by atoms with Gasteiger partial charge in [0, 0.05) is 6.42 Å². The summed E-state index contributed by atoms with van der Waals surface area (Å²) in [6.07, 6.45) is 0.953. The number of esters is 1. The van der Waals surface area contributed by atoms with E-state index < -0.39 is 0 Å². The van der Waals surface area contributed by atoms with E-state index in [-0.39, 0.29) is 11.8 Å². The predicted molar refractivity (Wildman–Crippen MR) is 71.5 cm³/mol. The molecule has 0 unspecified atom stereocenters. The molecule has 0 spiro atoms. The highest BCUT2D eigenvalue weighted by Crippen LogP contribution is 2.14. The molecule has 98 valence electrons. The first-order valence-electron chi connectivity index (χ1n) is 6.16. The lowest BCUT2D eigenvalue weighted by atomic mass is 10.0. The molecule has 3 heteroatoms. The SMILES string of the molecule is Cc1ccccc1CCC(=O)Oc1ccc(F)cc1. The van der Waals surface area contributed by atoms with Gasteiger partial charge in [0.15, 0.2) is 0 Å². The number of carbonyl (C=O) groups is 1. The van der Waals surface area contributed by atoms with Gasteiger partial charge in [0.25, 0.3) is 0 Å². The number of ether oxygens (including phenoxy) is 1. The summed E-state index contributed by atoms with van der Waals surface area (Å²) in [6.45, 7) is 2.01. The van der Waals surface area contributed by atoms with Crippen LogP contribution in [0.2, 0.25) is 0 Å². The normalized spacial score (nSPS) is 10.2. The van der Waals surface area contributed by atoms with E-state index >= 15 is 0 Å². The first-order valence-corrected chi connectivity index (χ1v) is 6.16. The van der Waals surface area contributed by atoms with Crippen LogP contribution in [0.15, 0.2) is 48.5 Å². The van der Waals surface area contributed by atoms with Crippen molar-refractivity contribution >= 4 is 5.97 Å². The Balaban J connectivity index is 1.88. The number of hydrogen-bond acceptors (Lipinski definition) is 2. The average Bonchev–Trinajstić information content (AvgIpc) is 2.40. The molecule has 0 bridgehead atoms. The topological polar surface area (TPSA) is 26.3 Å². The highest BCUT2D eigenvalue weighted by molar-refractivity contribution is 5.72. The Morgan fingerprint density at radius 2 is 1.79 bits per heavy atom. The van der Waals surface area contributed by atoms with Crippen LogP contribution in [0.3, 0.4) is 0 Å². The van der Waals surface area contributed by atoms with E-state index in [1.165, 1.54) is 24.3 Å². The van der Waals surface area contributed by atoms with Crippen LogP contribution < -0.4 is 4.74 Å². The van der Waals surface area contributed by atoms with E-state index in [2.05, 4.69) is 0 Å². The van der Waals surface area contributed by atoms with Crippen molar-refractivity contribution in [1.82, 2.24) is 0 Å². The fourth-order valence-corrected chi connectivity index (χ4v) is 1.81. The van der Waals surface area contributed by atoms with Crippen molar-refractivity contribution in [2.24, 2.45) is 0 Å². The molecule has 2 nitrogen and oxygen atoms in total. The lowest BCUT2D eigenvalue weighted by molar-refractivity contribution is -0.134. The van der Waals surface area contributed by atoms with Crippen LogP contribution in [-0.4, -0.2) is 5.97 Å². The third-order valence-electron chi connectivity index (χ3n) is 2.91. The van der Waals surface area contributed by atoms with Gasteiger partial charge >= 0.3 is 5.97 Å². The van der Waals surface area contributed by atoms with Crippen molar-refractivity contribution in [3.05, 3.63) is 65.5 Å². The fraction of sp³-hybridized carbons (Fsp3) is 0.188. The zero-order chi connectivity index (χ0) is 13.7. The van der Waals surface area contributed by atoms with Gasteiger partial charge in [0.1, 0.15) is 11.6 Å². The van der Waals surface area contributed by atoms with E-state index in [1.54, 1.807) is 0 Å². The Kier molecular flexibility index (Phi) is 4.29. The number of rotatable bonds is 4. The number of benzene rings is 2. The molecule has 0 aliphatic rings. The van der Waals surface area contributed by atoms with Crippen molar-refractivity contribution in [2.75, 3.05) is 0 Å². The summed E-state index contributed by atoms with van der Waals surface area (Å²) in [4.78, 5) is 11.7. The molecule has 0 amide bonds. The zero-order valence-corrected chi connectivity index (χ0v) is 10.7. The first-order chi connectivity index (χ1) is 9.15. The minimum atomic E-state index is -0.347. The van der Waals surface area contributed by atoms with E-state index in [0.717, 1.165) is 11.1 Å². The Labute approximate surface area is 111 Å². The molecule has 0 N–H and O–H groups in total. The van der Waals surface area contributed by atoms with Crippen molar-refractivity contribution in [3.8, 4) is 5.75 Å². The summed E-state index contributed by atoms with van der Waals surface area (Å²) in [7, 11) is 0. The summed E-state index contributed by atoms with van der Waals surface area (Å²) in [6, 6.07) is 13.4. The molecule has 2 aromatic carbocycles.